The van der Waals surface area contributed by atoms with Gasteiger partial charge in [-0.3, -0.25) is 0 Å². The molecule has 0 aliphatic rings. The zero-order valence-corrected chi connectivity index (χ0v) is 8.05. The predicted molar refractivity (Wildman–Crippen MR) is 46.7 cm³/mol. The molecule has 0 aromatic heterocycles. The van der Waals surface area contributed by atoms with Crippen LogP contribution in [-0.4, -0.2) is 25.7 Å². The van der Waals surface area contributed by atoms with Crippen LogP contribution in [0.2, 0.25) is 19.1 Å². The number of amides is 2. The van der Waals surface area contributed by atoms with Crippen molar-refractivity contribution >= 4 is 14.3 Å². The summed E-state index contributed by atoms with van der Waals surface area (Å²) < 4.78 is 0. The quantitative estimate of drug-likeness (QED) is 0.424. The molecule has 0 atom stereocenters. The summed E-state index contributed by atoms with van der Waals surface area (Å²) in [6, 6.07) is 0.301. The first kappa shape index (κ1) is 10.4. The van der Waals surface area contributed by atoms with Crippen LogP contribution < -0.4 is 11.1 Å². The van der Waals surface area contributed by atoms with Gasteiger partial charge in [0.05, 0.1) is 0 Å². The number of primary amides is 1. The molecule has 0 saturated heterocycles. The van der Waals surface area contributed by atoms with Crippen molar-refractivity contribution in [3.05, 3.63) is 0 Å². The third-order valence-corrected chi connectivity index (χ3v) is 2.84. The van der Waals surface area contributed by atoms with E-state index in [9.17, 15) is 9.59 Å². The number of rotatable bonds is 4. The Bertz CT molecular complexity index is 133. The van der Waals surface area contributed by atoms with E-state index in [0.717, 1.165) is 12.5 Å². The van der Waals surface area contributed by atoms with Crippen LogP contribution in [0, 0.1) is 0 Å². The Morgan fingerprint density at radius 1 is 1.64 bits per heavy atom. The third kappa shape index (κ3) is 9.45. The molecule has 0 spiro atoms. The molecular weight excluding hydrogens is 160 g/mol. The SMILES string of the molecule is C[Si](C)(O)CCCNC(N)=O. The molecule has 0 fully saturated rings. The fraction of sp³-hybridized carbons (Fsp3) is 0.833. The Hall–Kier alpha value is -0.553. The Labute approximate surface area is 67.9 Å². The topological polar surface area (TPSA) is 75.3 Å². The lowest BCUT2D eigenvalue weighted by atomic mass is 10.5. The van der Waals surface area contributed by atoms with E-state index < -0.39 is 14.3 Å². The highest BCUT2D eigenvalue weighted by Gasteiger charge is 2.15. The number of hydrogen-bond donors (Lipinski definition) is 3. The number of carbonyl (C=O) groups is 1. The fourth-order valence-corrected chi connectivity index (χ4v) is 1.77. The zero-order valence-electron chi connectivity index (χ0n) is 7.05. The van der Waals surface area contributed by atoms with E-state index in [1.165, 1.54) is 0 Å². The van der Waals surface area contributed by atoms with E-state index in [4.69, 9.17) is 5.73 Å². The average Bonchev–Trinajstić information content (AvgIpc) is 1.78. The van der Waals surface area contributed by atoms with E-state index >= 15 is 0 Å². The van der Waals surface area contributed by atoms with Gasteiger partial charge in [0.25, 0.3) is 0 Å². The molecule has 0 aliphatic carbocycles. The van der Waals surface area contributed by atoms with Gasteiger partial charge in [0.15, 0.2) is 8.32 Å². The molecule has 0 radical (unpaired) electrons. The molecule has 0 aromatic carbocycles. The van der Waals surface area contributed by atoms with Crippen LogP contribution in [0.3, 0.4) is 0 Å². The number of urea groups is 1. The van der Waals surface area contributed by atoms with Gasteiger partial charge in [0, 0.05) is 6.54 Å². The summed E-state index contributed by atoms with van der Waals surface area (Å²) in [6.45, 7) is 4.31. The minimum Gasteiger partial charge on any atom is -0.432 e. The first-order chi connectivity index (χ1) is 4.92. The number of nitrogens with two attached hydrogens (primary N) is 1. The second kappa shape index (κ2) is 4.35. The standard InChI is InChI=1S/C6H16N2O2Si/c1-11(2,10)5-3-4-8-6(7)9/h10H,3-5H2,1-2H3,(H3,7,8,9). The van der Waals surface area contributed by atoms with E-state index in [0.29, 0.717) is 6.54 Å². The summed E-state index contributed by atoms with van der Waals surface area (Å²) in [4.78, 5) is 19.6. The van der Waals surface area contributed by atoms with Crippen LogP contribution in [0.15, 0.2) is 0 Å². The Balaban J connectivity index is 3.22. The van der Waals surface area contributed by atoms with Gasteiger partial charge in [0.1, 0.15) is 0 Å². The Morgan fingerprint density at radius 3 is 2.55 bits per heavy atom. The molecule has 0 bridgehead atoms. The van der Waals surface area contributed by atoms with Gasteiger partial charge in [-0.05, 0) is 25.6 Å². The van der Waals surface area contributed by atoms with E-state index in [1.807, 2.05) is 13.1 Å². The monoisotopic (exact) mass is 176 g/mol. The summed E-state index contributed by atoms with van der Waals surface area (Å²) >= 11 is 0. The highest BCUT2D eigenvalue weighted by Crippen LogP contribution is 2.05. The number of nitrogens with one attached hydrogen (secondary N) is 1. The van der Waals surface area contributed by atoms with Crippen molar-refractivity contribution in [3.63, 3.8) is 0 Å². The van der Waals surface area contributed by atoms with Crippen molar-refractivity contribution in [2.24, 2.45) is 5.73 Å². The van der Waals surface area contributed by atoms with Gasteiger partial charge in [0.2, 0.25) is 0 Å². The Morgan fingerprint density at radius 2 is 2.18 bits per heavy atom. The minimum absolute atomic E-state index is 0.498. The van der Waals surface area contributed by atoms with Gasteiger partial charge in [-0.1, -0.05) is 0 Å². The fourth-order valence-electron chi connectivity index (χ4n) is 0.733. The first-order valence-electron chi connectivity index (χ1n) is 3.67. The summed E-state index contributed by atoms with van der Waals surface area (Å²) in [7, 11) is -1.92. The van der Waals surface area contributed by atoms with Gasteiger partial charge >= 0.3 is 6.03 Å². The molecule has 66 valence electrons. The largest absolute Gasteiger partial charge is 0.432 e. The maximum absolute atomic E-state index is 10.2. The molecule has 0 rings (SSSR count). The minimum atomic E-state index is -1.92. The molecule has 2 amide bonds. The van der Waals surface area contributed by atoms with Crippen LogP contribution in [0.4, 0.5) is 4.79 Å². The molecule has 0 aliphatic heterocycles. The highest BCUT2D eigenvalue weighted by molar-refractivity contribution is 6.69. The molecule has 0 saturated carbocycles. The maximum atomic E-state index is 10.2. The van der Waals surface area contributed by atoms with Crippen LogP contribution in [0.1, 0.15) is 6.42 Å². The lowest BCUT2D eigenvalue weighted by Crippen LogP contribution is -2.32. The normalized spacial score (nSPS) is 11.2. The Kier molecular flexibility index (Phi) is 4.13. The second-order valence-electron chi connectivity index (χ2n) is 3.21. The summed E-state index contributed by atoms with van der Waals surface area (Å²) in [5, 5.41) is 2.47. The van der Waals surface area contributed by atoms with Crippen LogP contribution in [0.25, 0.3) is 0 Å². The molecular formula is C6H16N2O2Si. The van der Waals surface area contributed by atoms with Crippen molar-refractivity contribution < 1.29 is 9.59 Å². The van der Waals surface area contributed by atoms with Crippen molar-refractivity contribution in [3.8, 4) is 0 Å². The van der Waals surface area contributed by atoms with Crippen LogP contribution in [-0.2, 0) is 0 Å². The van der Waals surface area contributed by atoms with E-state index in [1.54, 1.807) is 0 Å². The zero-order chi connectivity index (χ0) is 8.91. The second-order valence-corrected chi connectivity index (χ2v) is 7.33. The maximum Gasteiger partial charge on any atom is 0.312 e. The third-order valence-electron chi connectivity index (χ3n) is 1.26. The van der Waals surface area contributed by atoms with Gasteiger partial charge < -0.3 is 15.8 Å². The van der Waals surface area contributed by atoms with E-state index in [-0.39, 0.29) is 0 Å². The van der Waals surface area contributed by atoms with Gasteiger partial charge in [-0.2, -0.15) is 0 Å². The van der Waals surface area contributed by atoms with Crippen LogP contribution >= 0.6 is 0 Å². The molecule has 4 nitrogen and oxygen atoms in total. The highest BCUT2D eigenvalue weighted by atomic mass is 28.4. The van der Waals surface area contributed by atoms with Crippen molar-refractivity contribution in [2.75, 3.05) is 6.54 Å². The molecule has 11 heavy (non-hydrogen) atoms. The summed E-state index contributed by atoms with van der Waals surface area (Å²) in [5.74, 6) is 0. The average molecular weight is 176 g/mol. The number of carbonyl (C=O) groups excluding carboxylic acids is 1. The molecule has 4 N–H and O–H groups in total. The molecule has 0 unspecified atom stereocenters. The van der Waals surface area contributed by atoms with Crippen molar-refractivity contribution in [2.45, 2.75) is 25.6 Å². The van der Waals surface area contributed by atoms with Crippen molar-refractivity contribution in [1.82, 2.24) is 5.32 Å². The van der Waals surface area contributed by atoms with Gasteiger partial charge in [-0.15, -0.1) is 0 Å². The smallest absolute Gasteiger partial charge is 0.312 e. The summed E-state index contributed by atoms with van der Waals surface area (Å²) in [6.07, 6.45) is 0.804. The van der Waals surface area contributed by atoms with Crippen molar-refractivity contribution in [1.29, 1.82) is 0 Å². The summed E-state index contributed by atoms with van der Waals surface area (Å²) in [5.41, 5.74) is 4.84. The molecule has 5 heteroatoms. The van der Waals surface area contributed by atoms with Crippen LogP contribution in [0.5, 0.6) is 0 Å². The van der Waals surface area contributed by atoms with E-state index in [2.05, 4.69) is 5.32 Å². The lowest BCUT2D eigenvalue weighted by molar-refractivity contribution is 0.249. The molecule has 0 aromatic rings. The predicted octanol–water partition coefficient (Wildman–Crippen LogP) is 0.242. The lowest BCUT2D eigenvalue weighted by Gasteiger charge is -2.12. The molecule has 0 heterocycles. The van der Waals surface area contributed by atoms with Gasteiger partial charge in [-0.25, -0.2) is 4.79 Å². The number of hydrogen-bond acceptors (Lipinski definition) is 2. The first-order valence-corrected chi connectivity index (χ1v) is 6.83.